The zero-order valence-corrected chi connectivity index (χ0v) is 9.78. The molecule has 6 heteroatoms. The number of hydrogen-bond donors (Lipinski definition) is 2. The first kappa shape index (κ1) is 12.3. The second-order valence-corrected chi connectivity index (χ2v) is 3.89. The fraction of sp³-hybridized carbons (Fsp3) is 0. The third-order valence-electron chi connectivity index (χ3n) is 2.20. The highest BCUT2D eigenvalue weighted by molar-refractivity contribution is 6.33. The average Bonchev–Trinajstić information content (AvgIpc) is 2.33. The van der Waals surface area contributed by atoms with Crippen LogP contribution in [0.15, 0.2) is 36.5 Å². The number of hydrogen-bond acceptors (Lipinski definition) is 3. The number of benzene rings is 1. The lowest BCUT2D eigenvalue weighted by Gasteiger charge is -2.07. The summed E-state index contributed by atoms with van der Waals surface area (Å²) in [7, 11) is 0. The summed E-state index contributed by atoms with van der Waals surface area (Å²) in [5, 5.41) is 11.8. The molecule has 0 radical (unpaired) electrons. The monoisotopic (exact) mass is 266 g/mol. The van der Waals surface area contributed by atoms with Crippen molar-refractivity contribution < 1.29 is 14.3 Å². The van der Waals surface area contributed by atoms with Crippen LogP contribution in [0.1, 0.15) is 10.4 Å². The Morgan fingerprint density at radius 2 is 2.11 bits per heavy atom. The molecule has 0 bridgehead atoms. The van der Waals surface area contributed by atoms with Crippen molar-refractivity contribution in [1.29, 1.82) is 0 Å². The van der Waals surface area contributed by atoms with Gasteiger partial charge in [-0.1, -0.05) is 11.6 Å². The maximum atomic E-state index is 12.9. The molecule has 0 atom stereocenters. The first-order valence-corrected chi connectivity index (χ1v) is 5.35. The topological polar surface area (TPSA) is 62.2 Å². The van der Waals surface area contributed by atoms with E-state index in [-0.39, 0.29) is 10.6 Å². The van der Waals surface area contributed by atoms with Gasteiger partial charge in [-0.25, -0.2) is 14.2 Å². The smallest absolute Gasteiger partial charge is 0.335 e. The van der Waals surface area contributed by atoms with Crippen molar-refractivity contribution >= 4 is 29.1 Å². The van der Waals surface area contributed by atoms with Crippen LogP contribution < -0.4 is 5.32 Å². The van der Waals surface area contributed by atoms with E-state index in [2.05, 4.69) is 10.3 Å². The van der Waals surface area contributed by atoms with Crippen LogP contribution in [0.3, 0.4) is 0 Å². The molecule has 0 saturated heterocycles. The van der Waals surface area contributed by atoms with E-state index < -0.39 is 11.8 Å². The van der Waals surface area contributed by atoms with Crippen molar-refractivity contribution in [3.63, 3.8) is 0 Å². The molecule has 2 N–H and O–H groups in total. The van der Waals surface area contributed by atoms with Gasteiger partial charge in [-0.2, -0.15) is 0 Å². The predicted molar refractivity (Wildman–Crippen MR) is 65.9 cm³/mol. The lowest BCUT2D eigenvalue weighted by Crippen LogP contribution is -2.00. The van der Waals surface area contributed by atoms with Crippen LogP contribution in [0.2, 0.25) is 5.02 Å². The summed E-state index contributed by atoms with van der Waals surface area (Å²) in [6.07, 6.45) is 1.36. The summed E-state index contributed by atoms with van der Waals surface area (Å²) < 4.78 is 12.9. The van der Waals surface area contributed by atoms with Crippen molar-refractivity contribution in [3.05, 3.63) is 52.9 Å². The summed E-state index contributed by atoms with van der Waals surface area (Å²) in [5.74, 6) is -1.17. The first-order valence-electron chi connectivity index (χ1n) is 4.97. The van der Waals surface area contributed by atoms with Crippen molar-refractivity contribution in [2.24, 2.45) is 0 Å². The van der Waals surface area contributed by atoms with Gasteiger partial charge in [0.25, 0.3) is 0 Å². The Hall–Kier alpha value is -2.14. The molecule has 1 heterocycles. The summed E-state index contributed by atoms with van der Waals surface area (Å²) in [4.78, 5) is 14.7. The second kappa shape index (κ2) is 5.01. The number of carboxylic acids is 1. The van der Waals surface area contributed by atoms with Gasteiger partial charge < -0.3 is 10.4 Å². The summed E-state index contributed by atoms with van der Waals surface area (Å²) in [6, 6.07) is 6.59. The summed E-state index contributed by atoms with van der Waals surface area (Å²) >= 11 is 5.84. The normalized spacial score (nSPS) is 10.1. The SMILES string of the molecule is O=C(O)c1ccnc(Nc2ccc(F)cc2Cl)c1. The lowest BCUT2D eigenvalue weighted by molar-refractivity contribution is 0.0697. The van der Waals surface area contributed by atoms with Gasteiger partial charge in [-0.3, -0.25) is 0 Å². The Morgan fingerprint density at radius 1 is 1.33 bits per heavy atom. The highest BCUT2D eigenvalue weighted by atomic mass is 35.5. The minimum atomic E-state index is -1.05. The van der Waals surface area contributed by atoms with Crippen molar-refractivity contribution in [1.82, 2.24) is 4.98 Å². The molecule has 0 unspecified atom stereocenters. The number of nitrogens with one attached hydrogen (secondary N) is 1. The maximum Gasteiger partial charge on any atom is 0.335 e. The zero-order chi connectivity index (χ0) is 13.1. The number of carbonyl (C=O) groups is 1. The fourth-order valence-electron chi connectivity index (χ4n) is 1.36. The molecule has 0 aliphatic rings. The predicted octanol–water partition coefficient (Wildman–Crippen LogP) is 3.32. The molecule has 2 aromatic rings. The largest absolute Gasteiger partial charge is 0.478 e. The quantitative estimate of drug-likeness (QED) is 0.895. The molecule has 1 aromatic carbocycles. The van der Waals surface area contributed by atoms with Gasteiger partial charge in [0, 0.05) is 6.20 Å². The molecular weight excluding hydrogens is 259 g/mol. The number of pyridine rings is 1. The molecule has 4 nitrogen and oxygen atoms in total. The average molecular weight is 267 g/mol. The van der Waals surface area contributed by atoms with E-state index in [1.54, 1.807) is 0 Å². The first-order chi connectivity index (χ1) is 8.56. The van der Waals surface area contributed by atoms with Crippen LogP contribution in [-0.2, 0) is 0 Å². The number of aromatic nitrogens is 1. The van der Waals surface area contributed by atoms with E-state index in [0.717, 1.165) is 6.07 Å². The van der Waals surface area contributed by atoms with E-state index >= 15 is 0 Å². The van der Waals surface area contributed by atoms with Gasteiger partial charge in [0.05, 0.1) is 16.3 Å². The number of nitrogens with zero attached hydrogens (tertiary/aromatic N) is 1. The number of halogens is 2. The molecule has 18 heavy (non-hydrogen) atoms. The van der Waals surface area contributed by atoms with Gasteiger partial charge in [0.15, 0.2) is 0 Å². The molecule has 0 fully saturated rings. The molecular formula is C12H8ClFN2O2. The zero-order valence-electron chi connectivity index (χ0n) is 9.02. The highest BCUT2D eigenvalue weighted by Crippen LogP contribution is 2.25. The van der Waals surface area contributed by atoms with Gasteiger partial charge in [0.1, 0.15) is 11.6 Å². The van der Waals surface area contributed by atoms with E-state index in [9.17, 15) is 9.18 Å². The van der Waals surface area contributed by atoms with E-state index in [0.29, 0.717) is 11.5 Å². The minimum Gasteiger partial charge on any atom is -0.478 e. The van der Waals surface area contributed by atoms with Gasteiger partial charge in [-0.05, 0) is 30.3 Å². The van der Waals surface area contributed by atoms with Gasteiger partial charge in [0.2, 0.25) is 0 Å². The van der Waals surface area contributed by atoms with Gasteiger partial charge >= 0.3 is 5.97 Å². The van der Waals surface area contributed by atoms with Crippen molar-refractivity contribution in [2.75, 3.05) is 5.32 Å². The van der Waals surface area contributed by atoms with Crippen LogP contribution in [0, 0.1) is 5.82 Å². The molecule has 0 aliphatic carbocycles. The summed E-state index contributed by atoms with van der Waals surface area (Å²) in [6.45, 7) is 0. The van der Waals surface area contributed by atoms with E-state index in [1.165, 1.54) is 30.5 Å². The van der Waals surface area contributed by atoms with E-state index in [4.69, 9.17) is 16.7 Å². The molecule has 0 spiro atoms. The highest BCUT2D eigenvalue weighted by Gasteiger charge is 2.06. The van der Waals surface area contributed by atoms with E-state index in [1.807, 2.05) is 0 Å². The molecule has 2 rings (SSSR count). The van der Waals surface area contributed by atoms with Crippen LogP contribution in [-0.4, -0.2) is 16.1 Å². The number of rotatable bonds is 3. The molecule has 92 valence electrons. The Bertz CT molecular complexity index is 604. The van der Waals surface area contributed by atoms with Crippen molar-refractivity contribution in [2.45, 2.75) is 0 Å². The Kier molecular flexibility index (Phi) is 3.43. The number of aromatic carboxylic acids is 1. The van der Waals surface area contributed by atoms with Crippen LogP contribution in [0.4, 0.5) is 15.9 Å². The second-order valence-electron chi connectivity index (χ2n) is 3.48. The fourth-order valence-corrected chi connectivity index (χ4v) is 1.58. The molecule has 0 amide bonds. The Morgan fingerprint density at radius 3 is 2.78 bits per heavy atom. The number of anilines is 2. The van der Waals surface area contributed by atoms with Crippen molar-refractivity contribution in [3.8, 4) is 0 Å². The lowest BCUT2D eigenvalue weighted by atomic mass is 10.2. The maximum absolute atomic E-state index is 12.9. The van der Waals surface area contributed by atoms with Gasteiger partial charge in [-0.15, -0.1) is 0 Å². The Labute approximate surface area is 107 Å². The Balaban J connectivity index is 2.28. The standard InChI is InChI=1S/C12H8ClFN2O2/c13-9-6-8(14)1-2-10(9)16-11-5-7(12(17)18)3-4-15-11/h1-6H,(H,15,16)(H,17,18). The van der Waals surface area contributed by atoms with Crippen LogP contribution in [0.25, 0.3) is 0 Å². The molecule has 0 aliphatic heterocycles. The molecule has 1 aromatic heterocycles. The third-order valence-corrected chi connectivity index (χ3v) is 2.51. The minimum absolute atomic E-state index is 0.103. The van der Waals surface area contributed by atoms with Crippen LogP contribution >= 0.6 is 11.6 Å². The molecule has 0 saturated carbocycles. The summed E-state index contributed by atoms with van der Waals surface area (Å²) in [5.41, 5.74) is 0.554. The van der Waals surface area contributed by atoms with Crippen LogP contribution in [0.5, 0.6) is 0 Å². The number of carboxylic acid groups (broad SMARTS) is 1. The third kappa shape index (κ3) is 2.75.